The molecular weight excluding hydrogens is 210 g/mol. The number of oxime groups is 1. The summed E-state index contributed by atoms with van der Waals surface area (Å²) in [6, 6.07) is 4.80. The van der Waals surface area contributed by atoms with Crippen LogP contribution in [0, 0.1) is 0 Å². The van der Waals surface area contributed by atoms with Crippen LogP contribution in [0.5, 0.6) is 5.75 Å². The molecule has 0 aliphatic rings. The molecular formula is C7H6BrNO2. The van der Waals surface area contributed by atoms with E-state index in [2.05, 4.69) is 21.1 Å². The smallest absolute Gasteiger partial charge is 0.129 e. The summed E-state index contributed by atoms with van der Waals surface area (Å²) in [6.45, 7) is 0. The lowest BCUT2D eigenvalue weighted by Gasteiger charge is -1.96. The molecule has 0 aliphatic carbocycles. The molecule has 0 saturated heterocycles. The fourth-order valence-electron chi connectivity index (χ4n) is 0.670. The zero-order chi connectivity index (χ0) is 8.27. The van der Waals surface area contributed by atoms with Crippen molar-refractivity contribution in [3.63, 3.8) is 0 Å². The third kappa shape index (κ3) is 1.94. The van der Waals surface area contributed by atoms with E-state index in [1.165, 1.54) is 12.3 Å². The maximum absolute atomic E-state index is 9.06. The Labute approximate surface area is 72.1 Å². The molecule has 2 N–H and O–H groups in total. The van der Waals surface area contributed by atoms with Crippen molar-refractivity contribution in [2.45, 2.75) is 0 Å². The van der Waals surface area contributed by atoms with Crippen LogP contribution in [-0.2, 0) is 0 Å². The van der Waals surface area contributed by atoms with E-state index >= 15 is 0 Å². The highest BCUT2D eigenvalue weighted by Gasteiger charge is 1.96. The average Bonchev–Trinajstić information content (AvgIpc) is 1.98. The van der Waals surface area contributed by atoms with Gasteiger partial charge in [0.1, 0.15) is 5.75 Å². The number of phenols is 1. The molecule has 1 rings (SSSR count). The maximum Gasteiger partial charge on any atom is 0.129 e. The first kappa shape index (κ1) is 8.07. The lowest BCUT2D eigenvalue weighted by Crippen LogP contribution is -1.79. The maximum atomic E-state index is 9.06. The second-order valence-corrected chi connectivity index (χ2v) is 2.81. The molecule has 0 bridgehead atoms. The van der Waals surface area contributed by atoms with Crippen LogP contribution < -0.4 is 0 Å². The van der Waals surface area contributed by atoms with Crippen molar-refractivity contribution in [1.82, 2.24) is 0 Å². The van der Waals surface area contributed by atoms with Gasteiger partial charge in [0, 0.05) is 0 Å². The molecule has 1 aromatic rings. The van der Waals surface area contributed by atoms with Gasteiger partial charge in [-0.3, -0.25) is 0 Å². The molecule has 0 spiro atoms. The van der Waals surface area contributed by atoms with E-state index in [1.54, 1.807) is 12.1 Å². The molecule has 0 aliphatic heterocycles. The predicted molar refractivity (Wildman–Crippen MR) is 45.2 cm³/mol. The predicted octanol–water partition coefficient (Wildman–Crippen LogP) is 1.96. The molecule has 0 heterocycles. The van der Waals surface area contributed by atoms with E-state index < -0.39 is 0 Å². The Morgan fingerprint density at radius 3 is 2.73 bits per heavy atom. The van der Waals surface area contributed by atoms with Gasteiger partial charge >= 0.3 is 0 Å². The largest absolute Gasteiger partial charge is 0.507 e. The highest BCUT2D eigenvalue weighted by Crippen LogP contribution is 2.23. The fraction of sp³-hybridized carbons (Fsp3) is 0. The Kier molecular flexibility index (Phi) is 2.48. The Morgan fingerprint density at radius 2 is 2.18 bits per heavy atom. The van der Waals surface area contributed by atoms with E-state index in [1.807, 2.05) is 0 Å². The van der Waals surface area contributed by atoms with Crippen molar-refractivity contribution in [2.24, 2.45) is 5.16 Å². The van der Waals surface area contributed by atoms with Crippen molar-refractivity contribution in [3.05, 3.63) is 28.2 Å². The molecule has 0 amide bonds. The Hall–Kier alpha value is -1.03. The van der Waals surface area contributed by atoms with Gasteiger partial charge in [0.25, 0.3) is 0 Å². The lowest BCUT2D eigenvalue weighted by molar-refractivity contribution is 0.322. The summed E-state index contributed by atoms with van der Waals surface area (Å²) >= 11 is 3.12. The normalized spacial score (nSPS) is 10.6. The topological polar surface area (TPSA) is 52.8 Å². The van der Waals surface area contributed by atoms with Crippen LogP contribution in [0.3, 0.4) is 0 Å². The first-order valence-corrected chi connectivity index (χ1v) is 3.69. The van der Waals surface area contributed by atoms with Gasteiger partial charge in [0.2, 0.25) is 0 Å². The van der Waals surface area contributed by atoms with Crippen molar-refractivity contribution >= 4 is 22.1 Å². The summed E-state index contributed by atoms with van der Waals surface area (Å²) in [6.07, 6.45) is 1.28. The van der Waals surface area contributed by atoms with Crippen molar-refractivity contribution in [1.29, 1.82) is 0 Å². The minimum atomic E-state index is 0.167. The van der Waals surface area contributed by atoms with Gasteiger partial charge < -0.3 is 10.3 Å². The van der Waals surface area contributed by atoms with Crippen LogP contribution in [0.4, 0.5) is 0 Å². The number of hydrogen-bond donors (Lipinski definition) is 2. The number of hydrogen-bond acceptors (Lipinski definition) is 3. The van der Waals surface area contributed by atoms with Gasteiger partial charge in [-0.05, 0) is 39.7 Å². The van der Waals surface area contributed by atoms with E-state index in [9.17, 15) is 0 Å². The van der Waals surface area contributed by atoms with Crippen molar-refractivity contribution in [3.8, 4) is 5.75 Å². The fourth-order valence-corrected chi connectivity index (χ4v) is 1.07. The second-order valence-electron chi connectivity index (χ2n) is 1.96. The minimum Gasteiger partial charge on any atom is -0.507 e. The summed E-state index contributed by atoms with van der Waals surface area (Å²) in [5, 5.41) is 20.1. The van der Waals surface area contributed by atoms with Gasteiger partial charge in [-0.25, -0.2) is 0 Å². The molecule has 0 unspecified atom stereocenters. The minimum absolute atomic E-state index is 0.167. The monoisotopic (exact) mass is 215 g/mol. The average molecular weight is 216 g/mol. The number of aromatic hydroxyl groups is 1. The third-order valence-electron chi connectivity index (χ3n) is 1.18. The summed E-state index contributed by atoms with van der Waals surface area (Å²) < 4.78 is 0.579. The third-order valence-corrected chi connectivity index (χ3v) is 1.81. The molecule has 58 valence electrons. The van der Waals surface area contributed by atoms with Gasteiger partial charge in [-0.2, -0.15) is 0 Å². The highest BCUT2D eigenvalue weighted by atomic mass is 79.9. The zero-order valence-corrected chi connectivity index (χ0v) is 7.12. The molecule has 0 atom stereocenters. The Balaban J connectivity index is 3.05. The molecule has 11 heavy (non-hydrogen) atoms. The van der Waals surface area contributed by atoms with E-state index in [0.717, 1.165) is 5.56 Å². The van der Waals surface area contributed by atoms with Gasteiger partial charge in [-0.15, -0.1) is 0 Å². The van der Waals surface area contributed by atoms with E-state index in [0.29, 0.717) is 4.47 Å². The number of benzene rings is 1. The van der Waals surface area contributed by atoms with E-state index in [-0.39, 0.29) is 5.75 Å². The van der Waals surface area contributed by atoms with Gasteiger partial charge in [0.05, 0.1) is 10.7 Å². The SMILES string of the molecule is ON=Cc1ccc(O)c(Br)c1. The molecule has 0 fully saturated rings. The van der Waals surface area contributed by atoms with Crippen LogP contribution in [0.1, 0.15) is 5.56 Å². The van der Waals surface area contributed by atoms with Crippen LogP contribution in [-0.4, -0.2) is 16.5 Å². The Bertz CT molecular complexity index is 286. The summed E-state index contributed by atoms with van der Waals surface area (Å²) in [7, 11) is 0. The number of halogens is 1. The van der Waals surface area contributed by atoms with Crippen molar-refractivity contribution in [2.75, 3.05) is 0 Å². The molecule has 1 aromatic carbocycles. The second kappa shape index (κ2) is 3.39. The standard InChI is InChI=1S/C7H6BrNO2/c8-6-3-5(4-9-11)1-2-7(6)10/h1-4,10-11H. The quantitative estimate of drug-likeness (QED) is 0.428. The van der Waals surface area contributed by atoms with Crippen LogP contribution in [0.15, 0.2) is 27.8 Å². The van der Waals surface area contributed by atoms with Crippen LogP contribution in [0.25, 0.3) is 0 Å². The van der Waals surface area contributed by atoms with Crippen LogP contribution in [0.2, 0.25) is 0 Å². The summed E-state index contributed by atoms with van der Waals surface area (Å²) in [5.41, 5.74) is 0.720. The van der Waals surface area contributed by atoms with Crippen molar-refractivity contribution < 1.29 is 10.3 Å². The molecule has 3 nitrogen and oxygen atoms in total. The summed E-state index contributed by atoms with van der Waals surface area (Å²) in [5.74, 6) is 0.167. The van der Waals surface area contributed by atoms with E-state index in [4.69, 9.17) is 10.3 Å². The Morgan fingerprint density at radius 1 is 1.45 bits per heavy atom. The lowest BCUT2D eigenvalue weighted by atomic mass is 10.2. The molecule has 0 aromatic heterocycles. The molecule has 4 heteroatoms. The summed E-state index contributed by atoms with van der Waals surface area (Å²) in [4.78, 5) is 0. The zero-order valence-electron chi connectivity index (χ0n) is 5.53. The molecule has 0 saturated carbocycles. The molecule has 0 radical (unpaired) electrons. The van der Waals surface area contributed by atoms with Gasteiger partial charge in [0.15, 0.2) is 0 Å². The number of rotatable bonds is 1. The number of phenolic OH excluding ortho intramolecular Hbond substituents is 1. The van der Waals surface area contributed by atoms with Gasteiger partial charge in [-0.1, -0.05) is 5.16 Å². The van der Waals surface area contributed by atoms with Crippen LogP contribution >= 0.6 is 15.9 Å². The first-order chi connectivity index (χ1) is 5.24. The highest BCUT2D eigenvalue weighted by molar-refractivity contribution is 9.10. The number of nitrogens with zero attached hydrogens (tertiary/aromatic N) is 1. The first-order valence-electron chi connectivity index (χ1n) is 2.90.